The second-order valence-corrected chi connectivity index (χ2v) is 1.48. The number of nitriles is 1. The number of hydrogen-bond acceptors (Lipinski definition) is 3. The Hall–Kier alpha value is -1.08. The lowest BCUT2D eigenvalue weighted by atomic mass is 10.4. The molecule has 4 heteroatoms. The molecule has 0 aliphatic rings. The number of aliphatic carboxylic acids is 1. The van der Waals surface area contributed by atoms with E-state index in [1.54, 1.807) is 0 Å². The molecule has 0 aromatic rings. The number of carboxylic acids is 1. The maximum absolute atomic E-state index is 9.84. The van der Waals surface area contributed by atoms with Crippen molar-refractivity contribution in [2.75, 3.05) is 13.1 Å². The van der Waals surface area contributed by atoms with Crippen molar-refractivity contribution in [2.45, 2.75) is 6.42 Å². The third-order valence-electron chi connectivity index (χ3n) is 0.720. The number of nitrogens with one attached hydrogen (secondary N) is 1. The molecule has 0 bridgehead atoms. The van der Waals surface area contributed by atoms with Gasteiger partial charge in [0.05, 0.1) is 19.0 Å². The highest BCUT2D eigenvalue weighted by Gasteiger charge is 1.92. The lowest BCUT2D eigenvalue weighted by Crippen LogP contribution is -2.17. The van der Waals surface area contributed by atoms with Crippen LogP contribution in [-0.2, 0) is 4.79 Å². The van der Waals surface area contributed by atoms with Crippen molar-refractivity contribution in [3.05, 3.63) is 0 Å². The summed E-state index contributed by atoms with van der Waals surface area (Å²) >= 11 is 0. The smallest absolute Gasteiger partial charge is 0.304 e. The molecule has 0 saturated carbocycles. The Morgan fingerprint density at radius 2 is 2.44 bits per heavy atom. The van der Waals surface area contributed by atoms with Crippen LogP contribution in [0.3, 0.4) is 0 Å². The van der Waals surface area contributed by atoms with E-state index < -0.39 is 5.97 Å². The fraction of sp³-hybridized carbons (Fsp3) is 0.600. The van der Waals surface area contributed by atoms with Gasteiger partial charge in [0.1, 0.15) is 0 Å². The van der Waals surface area contributed by atoms with Gasteiger partial charge in [-0.1, -0.05) is 0 Å². The highest BCUT2D eigenvalue weighted by Crippen LogP contribution is 1.72. The van der Waals surface area contributed by atoms with Crippen LogP contribution in [0.1, 0.15) is 6.42 Å². The molecule has 0 unspecified atom stereocenters. The van der Waals surface area contributed by atoms with Gasteiger partial charge in [0.15, 0.2) is 0 Å². The van der Waals surface area contributed by atoms with E-state index in [1.807, 2.05) is 6.07 Å². The van der Waals surface area contributed by atoms with Crippen molar-refractivity contribution in [3.8, 4) is 6.07 Å². The number of nitrogens with zero attached hydrogens (tertiary/aromatic N) is 1. The third-order valence-corrected chi connectivity index (χ3v) is 0.720. The summed E-state index contributed by atoms with van der Waals surface area (Å²) in [6.07, 6.45) is 0.0711. The number of hydrogen-bond donors (Lipinski definition) is 2. The van der Waals surface area contributed by atoms with Crippen LogP contribution >= 0.6 is 0 Å². The van der Waals surface area contributed by atoms with Crippen LogP contribution in [0.25, 0.3) is 0 Å². The molecule has 0 aromatic carbocycles. The van der Waals surface area contributed by atoms with Crippen LogP contribution in [0, 0.1) is 11.3 Å². The molecule has 2 N–H and O–H groups in total. The Balaban J connectivity index is 2.94. The fourth-order valence-corrected chi connectivity index (χ4v) is 0.340. The average molecular weight is 128 g/mol. The van der Waals surface area contributed by atoms with E-state index in [0.717, 1.165) is 0 Å². The monoisotopic (exact) mass is 128 g/mol. The molecule has 0 saturated heterocycles. The van der Waals surface area contributed by atoms with Gasteiger partial charge in [-0.15, -0.1) is 0 Å². The molecular formula is C5H8N2O2. The molecule has 0 radical (unpaired) electrons. The van der Waals surface area contributed by atoms with Crippen molar-refractivity contribution in [1.82, 2.24) is 5.32 Å². The third kappa shape index (κ3) is 6.92. The van der Waals surface area contributed by atoms with Crippen molar-refractivity contribution in [2.24, 2.45) is 0 Å². The van der Waals surface area contributed by atoms with Crippen LogP contribution in [0.5, 0.6) is 0 Å². The number of carboxylic acid groups (broad SMARTS) is 1. The highest BCUT2D eigenvalue weighted by atomic mass is 16.4. The van der Waals surface area contributed by atoms with Gasteiger partial charge >= 0.3 is 5.97 Å². The van der Waals surface area contributed by atoms with Crippen LogP contribution < -0.4 is 5.32 Å². The zero-order valence-electron chi connectivity index (χ0n) is 4.92. The molecule has 0 spiro atoms. The molecule has 0 rings (SSSR count). The minimum absolute atomic E-state index is 0.0711. The molecule has 0 aromatic heterocycles. The number of rotatable bonds is 4. The van der Waals surface area contributed by atoms with Crippen molar-refractivity contribution in [1.29, 1.82) is 5.26 Å². The van der Waals surface area contributed by atoms with E-state index >= 15 is 0 Å². The van der Waals surface area contributed by atoms with E-state index in [2.05, 4.69) is 5.32 Å². The first kappa shape index (κ1) is 7.92. The summed E-state index contributed by atoms with van der Waals surface area (Å²) in [6, 6.07) is 1.84. The Morgan fingerprint density at radius 3 is 2.89 bits per heavy atom. The molecule has 0 atom stereocenters. The van der Waals surface area contributed by atoms with Crippen LogP contribution in [0.4, 0.5) is 0 Å². The van der Waals surface area contributed by atoms with Crippen molar-refractivity contribution < 1.29 is 9.90 Å². The Kier molecular flexibility index (Phi) is 4.46. The first-order chi connectivity index (χ1) is 4.27. The molecule has 0 aliphatic heterocycles. The van der Waals surface area contributed by atoms with E-state index in [0.29, 0.717) is 6.54 Å². The summed E-state index contributed by atoms with van der Waals surface area (Å²) in [5.41, 5.74) is 0. The Bertz CT molecular complexity index is 127. The largest absolute Gasteiger partial charge is 0.481 e. The maximum Gasteiger partial charge on any atom is 0.304 e. The van der Waals surface area contributed by atoms with Crippen LogP contribution in [-0.4, -0.2) is 24.2 Å². The molecule has 0 aliphatic carbocycles. The molecular weight excluding hydrogens is 120 g/mol. The summed E-state index contributed by atoms with van der Waals surface area (Å²) < 4.78 is 0. The average Bonchev–Trinajstić information content (AvgIpc) is 1.80. The molecule has 50 valence electrons. The van der Waals surface area contributed by atoms with Gasteiger partial charge in [0.25, 0.3) is 0 Å². The highest BCUT2D eigenvalue weighted by molar-refractivity contribution is 5.66. The van der Waals surface area contributed by atoms with Crippen LogP contribution in [0.15, 0.2) is 0 Å². The van der Waals surface area contributed by atoms with Gasteiger partial charge in [-0.25, -0.2) is 0 Å². The second-order valence-electron chi connectivity index (χ2n) is 1.48. The quantitative estimate of drug-likeness (QED) is 0.398. The van der Waals surface area contributed by atoms with Crippen LogP contribution in [0.2, 0.25) is 0 Å². The fourth-order valence-electron chi connectivity index (χ4n) is 0.340. The van der Waals surface area contributed by atoms with Gasteiger partial charge < -0.3 is 10.4 Å². The SMILES string of the molecule is N#CCNCCC(=O)O. The normalized spacial score (nSPS) is 8.33. The maximum atomic E-state index is 9.84. The first-order valence-corrected chi connectivity index (χ1v) is 2.57. The summed E-state index contributed by atoms with van der Waals surface area (Å²) in [4.78, 5) is 9.84. The molecule has 0 amide bonds. The molecule has 0 heterocycles. The van der Waals surface area contributed by atoms with E-state index in [9.17, 15) is 4.79 Å². The summed E-state index contributed by atoms with van der Waals surface area (Å²) in [6.45, 7) is 0.580. The lowest BCUT2D eigenvalue weighted by molar-refractivity contribution is -0.136. The van der Waals surface area contributed by atoms with E-state index in [4.69, 9.17) is 10.4 Å². The predicted molar refractivity (Wildman–Crippen MR) is 30.7 cm³/mol. The van der Waals surface area contributed by atoms with Gasteiger partial charge in [-0.05, 0) is 0 Å². The lowest BCUT2D eigenvalue weighted by Gasteiger charge is -1.92. The van der Waals surface area contributed by atoms with Gasteiger partial charge in [0, 0.05) is 6.54 Å². The Morgan fingerprint density at radius 1 is 1.78 bits per heavy atom. The Labute approximate surface area is 53.1 Å². The minimum Gasteiger partial charge on any atom is -0.481 e. The first-order valence-electron chi connectivity index (χ1n) is 2.57. The standard InChI is InChI=1S/C5H8N2O2/c6-2-4-7-3-1-5(8)9/h7H,1,3-4H2,(H,8,9). The van der Waals surface area contributed by atoms with Gasteiger partial charge in [-0.3, -0.25) is 4.79 Å². The van der Waals surface area contributed by atoms with Crippen molar-refractivity contribution >= 4 is 5.97 Å². The predicted octanol–water partition coefficient (Wildman–Crippen LogP) is -0.426. The van der Waals surface area contributed by atoms with Gasteiger partial charge in [0.2, 0.25) is 0 Å². The van der Waals surface area contributed by atoms with Gasteiger partial charge in [-0.2, -0.15) is 5.26 Å². The molecule has 9 heavy (non-hydrogen) atoms. The topological polar surface area (TPSA) is 73.1 Å². The van der Waals surface area contributed by atoms with E-state index in [1.165, 1.54) is 0 Å². The minimum atomic E-state index is -0.847. The summed E-state index contributed by atoms with van der Waals surface area (Å²) in [5, 5.41) is 18.7. The zero-order valence-corrected chi connectivity index (χ0v) is 4.92. The van der Waals surface area contributed by atoms with Crippen molar-refractivity contribution in [3.63, 3.8) is 0 Å². The second kappa shape index (κ2) is 5.06. The molecule has 0 fully saturated rings. The zero-order chi connectivity index (χ0) is 7.11. The summed E-state index contributed by atoms with van der Waals surface area (Å²) in [5.74, 6) is -0.847. The number of carbonyl (C=O) groups is 1. The van der Waals surface area contributed by atoms with E-state index in [-0.39, 0.29) is 13.0 Å². The summed E-state index contributed by atoms with van der Waals surface area (Å²) in [7, 11) is 0. The molecule has 4 nitrogen and oxygen atoms in total.